The van der Waals surface area contributed by atoms with E-state index in [2.05, 4.69) is 17.4 Å². The number of hydrogen-bond donors (Lipinski definition) is 1. The highest BCUT2D eigenvalue weighted by Crippen LogP contribution is 2.27. The van der Waals surface area contributed by atoms with Crippen molar-refractivity contribution < 1.29 is 9.53 Å². The molecule has 0 saturated heterocycles. The Hall–Kier alpha value is -2.78. The highest BCUT2D eigenvalue weighted by molar-refractivity contribution is 6.32. The Kier molecular flexibility index (Phi) is 5.36. The molecule has 0 aromatic heterocycles. The zero-order chi connectivity index (χ0) is 17.6. The summed E-state index contributed by atoms with van der Waals surface area (Å²) in [6, 6.07) is 23.3. The number of hydrogen-bond acceptors (Lipinski definition) is 2. The second kappa shape index (κ2) is 7.86. The minimum Gasteiger partial charge on any atom is -0.495 e. The van der Waals surface area contributed by atoms with Gasteiger partial charge in [-0.3, -0.25) is 4.79 Å². The molecule has 4 heteroatoms. The fourth-order valence-corrected chi connectivity index (χ4v) is 2.84. The van der Waals surface area contributed by atoms with Gasteiger partial charge in [0.2, 0.25) is 5.91 Å². The van der Waals surface area contributed by atoms with Gasteiger partial charge in [0.25, 0.3) is 0 Å². The topological polar surface area (TPSA) is 38.3 Å². The molecule has 126 valence electrons. The van der Waals surface area contributed by atoms with Crippen LogP contribution in [-0.4, -0.2) is 13.0 Å². The first-order valence-corrected chi connectivity index (χ1v) is 8.31. The second-order valence-electron chi connectivity index (χ2n) is 5.64. The minimum absolute atomic E-state index is 0.0892. The van der Waals surface area contributed by atoms with Crippen LogP contribution in [0, 0.1) is 0 Å². The molecule has 3 rings (SSSR count). The molecular weight excluding hydrogens is 334 g/mol. The van der Waals surface area contributed by atoms with Gasteiger partial charge >= 0.3 is 0 Å². The van der Waals surface area contributed by atoms with Gasteiger partial charge in [-0.05, 0) is 34.9 Å². The van der Waals surface area contributed by atoms with Crippen molar-refractivity contribution >= 4 is 23.2 Å². The Morgan fingerprint density at radius 1 is 0.960 bits per heavy atom. The second-order valence-corrected chi connectivity index (χ2v) is 6.04. The quantitative estimate of drug-likeness (QED) is 0.686. The van der Waals surface area contributed by atoms with E-state index in [1.165, 1.54) is 0 Å². The van der Waals surface area contributed by atoms with Crippen LogP contribution in [-0.2, 0) is 11.2 Å². The lowest BCUT2D eigenvalue weighted by Crippen LogP contribution is -2.14. The van der Waals surface area contributed by atoms with Gasteiger partial charge in [-0.2, -0.15) is 0 Å². The first kappa shape index (κ1) is 17.1. The van der Waals surface area contributed by atoms with Crippen LogP contribution >= 0.6 is 11.6 Å². The predicted octanol–water partition coefficient (Wildman–Crippen LogP) is 5.20. The van der Waals surface area contributed by atoms with Gasteiger partial charge in [-0.1, -0.05) is 66.2 Å². The van der Waals surface area contributed by atoms with Gasteiger partial charge < -0.3 is 10.1 Å². The van der Waals surface area contributed by atoms with Crippen molar-refractivity contribution in [1.82, 2.24) is 0 Å². The van der Waals surface area contributed by atoms with Crippen LogP contribution in [0.5, 0.6) is 5.75 Å². The third-order valence-electron chi connectivity index (χ3n) is 3.86. The molecule has 0 spiro atoms. The molecule has 3 nitrogen and oxygen atoms in total. The standard InChI is InChI=1S/C21H18ClNO2/c1-25-20-12-11-18(14-19(20)22)23-21(24)13-15-7-9-17(10-8-15)16-5-3-2-4-6-16/h2-12,14H,13H2,1H3,(H,23,24). The van der Waals surface area contributed by atoms with Crippen LogP contribution in [0.1, 0.15) is 5.56 Å². The first-order valence-electron chi connectivity index (χ1n) is 7.93. The number of methoxy groups -OCH3 is 1. The summed E-state index contributed by atoms with van der Waals surface area (Å²) in [6.07, 6.45) is 0.304. The van der Waals surface area contributed by atoms with Crippen LogP contribution < -0.4 is 10.1 Å². The van der Waals surface area contributed by atoms with Gasteiger partial charge in [0.15, 0.2) is 0 Å². The summed E-state index contributed by atoms with van der Waals surface area (Å²) in [5.41, 5.74) is 3.89. The maximum atomic E-state index is 12.2. The van der Waals surface area contributed by atoms with E-state index in [4.69, 9.17) is 16.3 Å². The normalized spacial score (nSPS) is 10.3. The molecule has 0 fully saturated rings. The number of ether oxygens (including phenoxy) is 1. The molecule has 0 bridgehead atoms. The summed E-state index contributed by atoms with van der Waals surface area (Å²) in [6.45, 7) is 0. The van der Waals surface area contributed by atoms with E-state index >= 15 is 0 Å². The summed E-state index contributed by atoms with van der Waals surface area (Å²) >= 11 is 6.07. The molecule has 0 aliphatic carbocycles. The highest BCUT2D eigenvalue weighted by atomic mass is 35.5. The molecule has 25 heavy (non-hydrogen) atoms. The van der Waals surface area contributed by atoms with Crippen molar-refractivity contribution in [3.8, 4) is 16.9 Å². The van der Waals surface area contributed by atoms with Gasteiger partial charge in [0.1, 0.15) is 5.75 Å². The third-order valence-corrected chi connectivity index (χ3v) is 4.16. The van der Waals surface area contributed by atoms with Crippen LogP contribution in [0.4, 0.5) is 5.69 Å². The van der Waals surface area contributed by atoms with Crippen molar-refractivity contribution in [2.24, 2.45) is 0 Å². The summed E-state index contributed by atoms with van der Waals surface area (Å²) in [7, 11) is 1.55. The average Bonchev–Trinajstić information content (AvgIpc) is 2.63. The highest BCUT2D eigenvalue weighted by Gasteiger charge is 2.07. The molecule has 0 aliphatic heterocycles. The number of nitrogens with one attached hydrogen (secondary N) is 1. The predicted molar refractivity (Wildman–Crippen MR) is 102 cm³/mol. The van der Waals surface area contributed by atoms with Gasteiger partial charge in [-0.25, -0.2) is 0 Å². The Bertz CT molecular complexity index is 861. The van der Waals surface area contributed by atoms with Gasteiger partial charge in [-0.15, -0.1) is 0 Å². The Morgan fingerprint density at radius 2 is 1.64 bits per heavy atom. The van der Waals surface area contributed by atoms with E-state index in [0.29, 0.717) is 22.9 Å². The zero-order valence-corrected chi connectivity index (χ0v) is 14.6. The molecule has 1 N–H and O–H groups in total. The SMILES string of the molecule is COc1ccc(NC(=O)Cc2ccc(-c3ccccc3)cc2)cc1Cl. The van der Waals surface area contributed by atoms with Crippen LogP contribution in [0.3, 0.4) is 0 Å². The van der Waals surface area contributed by atoms with Crippen molar-refractivity contribution in [2.45, 2.75) is 6.42 Å². The van der Waals surface area contributed by atoms with Crippen molar-refractivity contribution in [1.29, 1.82) is 0 Å². The maximum absolute atomic E-state index is 12.2. The summed E-state index contributed by atoms with van der Waals surface area (Å²) in [5, 5.41) is 3.32. The molecule has 3 aromatic carbocycles. The number of rotatable bonds is 5. The number of amides is 1. The molecule has 0 radical (unpaired) electrons. The molecule has 1 amide bonds. The van der Waals surface area contributed by atoms with Crippen molar-refractivity contribution in [3.05, 3.63) is 83.4 Å². The summed E-state index contributed by atoms with van der Waals surface area (Å²) < 4.78 is 5.10. The molecule has 0 atom stereocenters. The number of halogens is 1. The van der Waals surface area contributed by atoms with Crippen LogP contribution in [0.2, 0.25) is 5.02 Å². The average molecular weight is 352 g/mol. The minimum atomic E-state index is -0.0892. The lowest BCUT2D eigenvalue weighted by Gasteiger charge is -2.09. The van der Waals surface area contributed by atoms with Gasteiger partial charge in [0.05, 0.1) is 18.6 Å². The van der Waals surface area contributed by atoms with Gasteiger partial charge in [0, 0.05) is 5.69 Å². The number of benzene rings is 3. The fraction of sp³-hybridized carbons (Fsp3) is 0.0952. The number of anilines is 1. The van der Waals surface area contributed by atoms with Crippen molar-refractivity contribution in [2.75, 3.05) is 12.4 Å². The Morgan fingerprint density at radius 3 is 2.28 bits per heavy atom. The van der Waals surface area contributed by atoms with E-state index in [1.54, 1.807) is 25.3 Å². The number of carbonyl (C=O) groups excluding carboxylic acids is 1. The largest absolute Gasteiger partial charge is 0.495 e. The zero-order valence-electron chi connectivity index (χ0n) is 13.8. The fourth-order valence-electron chi connectivity index (χ4n) is 2.58. The Balaban J connectivity index is 1.64. The maximum Gasteiger partial charge on any atom is 0.228 e. The van der Waals surface area contributed by atoms with Crippen LogP contribution in [0.15, 0.2) is 72.8 Å². The van der Waals surface area contributed by atoms with Crippen molar-refractivity contribution in [3.63, 3.8) is 0 Å². The lowest BCUT2D eigenvalue weighted by molar-refractivity contribution is -0.115. The van der Waals surface area contributed by atoms with E-state index in [9.17, 15) is 4.79 Å². The number of carbonyl (C=O) groups is 1. The molecule has 0 saturated carbocycles. The third kappa shape index (κ3) is 4.40. The molecule has 0 unspecified atom stereocenters. The summed E-state index contributed by atoms with van der Waals surface area (Å²) in [5.74, 6) is 0.491. The summed E-state index contributed by atoms with van der Waals surface area (Å²) in [4.78, 5) is 12.2. The monoisotopic (exact) mass is 351 g/mol. The van der Waals surface area contributed by atoms with E-state index in [-0.39, 0.29) is 5.91 Å². The molecule has 3 aromatic rings. The lowest BCUT2D eigenvalue weighted by atomic mass is 10.0. The smallest absolute Gasteiger partial charge is 0.228 e. The molecular formula is C21H18ClNO2. The first-order chi connectivity index (χ1) is 12.2. The van der Waals surface area contributed by atoms with E-state index < -0.39 is 0 Å². The van der Waals surface area contributed by atoms with E-state index in [1.807, 2.05) is 42.5 Å². The van der Waals surface area contributed by atoms with Crippen LogP contribution in [0.25, 0.3) is 11.1 Å². The molecule has 0 aliphatic rings. The van der Waals surface area contributed by atoms with E-state index in [0.717, 1.165) is 16.7 Å². The Labute approximate surface area is 152 Å². The molecule has 0 heterocycles.